The van der Waals surface area contributed by atoms with E-state index in [2.05, 4.69) is 98.9 Å². The van der Waals surface area contributed by atoms with E-state index in [9.17, 15) is 14.7 Å². The molecule has 0 bridgehead atoms. The van der Waals surface area contributed by atoms with Crippen LogP contribution in [-0.4, -0.2) is 36.4 Å². The molecule has 0 aromatic carbocycles. The maximum atomic E-state index is 12.4. The van der Waals surface area contributed by atoms with Gasteiger partial charge in [0.25, 0.3) is 0 Å². The Bertz CT molecular complexity index is 1400. The lowest BCUT2D eigenvalue weighted by Crippen LogP contribution is -2.28. The van der Waals surface area contributed by atoms with Crippen LogP contribution in [0.25, 0.3) is 0 Å². The zero-order valence-electron chi connectivity index (χ0n) is 51.2. The monoisotopic (exact) mass is 1070 g/mol. The van der Waals surface area contributed by atoms with Gasteiger partial charge >= 0.3 is 11.9 Å². The third kappa shape index (κ3) is 65.5. The smallest absolute Gasteiger partial charge is 0.306 e. The summed E-state index contributed by atoms with van der Waals surface area (Å²) < 4.78 is 10.8. The summed E-state index contributed by atoms with van der Waals surface area (Å²) in [7, 11) is 0. The summed E-state index contributed by atoms with van der Waals surface area (Å²) in [6.45, 7) is 4.07. The number of ether oxygens (including phenoxy) is 2. The molecule has 0 saturated carbocycles. The number of aliphatic hydroxyl groups excluding tert-OH is 1. The van der Waals surface area contributed by atoms with Crippen molar-refractivity contribution in [1.82, 2.24) is 0 Å². The first kappa shape index (κ1) is 74.1. The van der Waals surface area contributed by atoms with Crippen LogP contribution in [0.2, 0.25) is 0 Å². The lowest BCUT2D eigenvalue weighted by atomic mass is 10.0. The molecule has 0 saturated heterocycles. The first-order valence-electron chi connectivity index (χ1n) is 33.6. The van der Waals surface area contributed by atoms with E-state index < -0.39 is 6.10 Å². The second-order valence-electron chi connectivity index (χ2n) is 22.5. The Hall–Kier alpha value is -2.92. The van der Waals surface area contributed by atoms with E-state index in [4.69, 9.17) is 9.47 Å². The molecule has 0 amide bonds. The summed E-state index contributed by atoms with van der Waals surface area (Å²) in [6.07, 6.45) is 94.6. The Balaban J connectivity index is 3.46. The molecule has 0 fully saturated rings. The van der Waals surface area contributed by atoms with Crippen LogP contribution in [0.15, 0.2) is 85.1 Å². The van der Waals surface area contributed by atoms with E-state index in [1.54, 1.807) is 0 Å². The van der Waals surface area contributed by atoms with E-state index in [1.165, 1.54) is 231 Å². The van der Waals surface area contributed by atoms with Crippen molar-refractivity contribution in [2.24, 2.45) is 0 Å². The standard InChI is InChI=1S/C72H128O5/c1-3-5-7-9-11-13-15-17-19-21-23-25-27-29-31-33-35-36-37-39-41-43-45-47-49-51-53-55-57-59-61-63-65-67-72(75)77-70(68-73)69-76-71(74)66-64-62-60-58-56-54-52-50-48-46-44-42-40-38-34-32-30-28-26-24-22-20-18-16-14-12-10-8-6-4-2/h5,7,11,13,17,19,23,25,29,31,35-36,39,41,70,73H,3-4,6,8-10,12,14-16,18,20-22,24,26-28,30,32-34,37-38,40,42-69H2,1-2H3/b7-5-,13-11-,19-17-,25-23-,31-29-,36-35-,41-39-. The summed E-state index contributed by atoms with van der Waals surface area (Å²) in [5, 5.41) is 9.69. The number of hydrogen-bond acceptors (Lipinski definition) is 5. The van der Waals surface area contributed by atoms with Crippen molar-refractivity contribution < 1.29 is 24.2 Å². The Kier molecular flexibility index (Phi) is 64.8. The zero-order valence-corrected chi connectivity index (χ0v) is 51.2. The highest BCUT2D eigenvalue weighted by molar-refractivity contribution is 5.70. The van der Waals surface area contributed by atoms with Gasteiger partial charge in [-0.05, 0) is 70.6 Å². The van der Waals surface area contributed by atoms with Gasteiger partial charge in [0.15, 0.2) is 6.10 Å². The fraction of sp³-hybridized carbons (Fsp3) is 0.778. The minimum absolute atomic E-state index is 0.0660. The van der Waals surface area contributed by atoms with Crippen LogP contribution >= 0.6 is 0 Å². The average Bonchev–Trinajstić information content (AvgIpc) is 3.43. The summed E-state index contributed by atoms with van der Waals surface area (Å²) in [4.78, 5) is 24.6. The highest BCUT2D eigenvalue weighted by Crippen LogP contribution is 2.18. The Morgan fingerprint density at radius 2 is 0.558 bits per heavy atom. The van der Waals surface area contributed by atoms with Crippen molar-refractivity contribution in [3.63, 3.8) is 0 Å². The SMILES string of the molecule is CC/C=C\C/C=C\C/C=C\C/C=C\C/C=C\C/C=C\C/C=C\CCCCCCCCCCCCCC(=O)OC(CO)COC(=O)CCCCCCCCCCCCCCCCCCCCCCCCCCCCCCCC. The van der Waals surface area contributed by atoms with Gasteiger partial charge in [0.2, 0.25) is 0 Å². The molecule has 77 heavy (non-hydrogen) atoms. The number of carbonyl (C=O) groups is 2. The van der Waals surface area contributed by atoms with E-state index >= 15 is 0 Å². The summed E-state index contributed by atoms with van der Waals surface area (Å²) in [5.41, 5.74) is 0. The van der Waals surface area contributed by atoms with Crippen LogP contribution in [0.1, 0.15) is 341 Å². The normalized spacial score (nSPS) is 12.7. The third-order valence-corrected chi connectivity index (χ3v) is 15.0. The van der Waals surface area contributed by atoms with Crippen LogP contribution in [0, 0.1) is 0 Å². The minimum Gasteiger partial charge on any atom is -0.462 e. The molecule has 1 N–H and O–H groups in total. The van der Waals surface area contributed by atoms with Crippen LogP contribution in [-0.2, 0) is 19.1 Å². The van der Waals surface area contributed by atoms with E-state index in [-0.39, 0.29) is 25.2 Å². The second-order valence-corrected chi connectivity index (χ2v) is 22.5. The van der Waals surface area contributed by atoms with Crippen molar-refractivity contribution in [3.8, 4) is 0 Å². The van der Waals surface area contributed by atoms with Gasteiger partial charge in [-0.2, -0.15) is 0 Å². The molecular weight excluding hydrogens is 945 g/mol. The second kappa shape index (κ2) is 67.4. The Morgan fingerprint density at radius 3 is 0.844 bits per heavy atom. The molecule has 1 unspecified atom stereocenters. The topological polar surface area (TPSA) is 72.8 Å². The van der Waals surface area contributed by atoms with E-state index in [0.29, 0.717) is 12.8 Å². The van der Waals surface area contributed by atoms with E-state index in [1.807, 2.05) is 0 Å². The lowest BCUT2D eigenvalue weighted by Gasteiger charge is -2.15. The van der Waals surface area contributed by atoms with E-state index in [0.717, 1.165) is 83.5 Å². The highest BCUT2D eigenvalue weighted by atomic mass is 16.6. The predicted molar refractivity (Wildman–Crippen MR) is 339 cm³/mol. The largest absolute Gasteiger partial charge is 0.462 e. The number of allylic oxidation sites excluding steroid dienone is 14. The zero-order chi connectivity index (χ0) is 55.5. The molecule has 0 spiro atoms. The van der Waals surface area contributed by atoms with Gasteiger partial charge in [0.05, 0.1) is 6.61 Å². The van der Waals surface area contributed by atoms with Gasteiger partial charge in [0.1, 0.15) is 6.61 Å². The van der Waals surface area contributed by atoms with Crippen molar-refractivity contribution in [3.05, 3.63) is 85.1 Å². The summed E-state index contributed by atoms with van der Waals surface area (Å²) >= 11 is 0. The van der Waals surface area contributed by atoms with Crippen LogP contribution in [0.5, 0.6) is 0 Å². The van der Waals surface area contributed by atoms with Crippen molar-refractivity contribution in [2.45, 2.75) is 347 Å². The fourth-order valence-corrected chi connectivity index (χ4v) is 9.95. The molecule has 0 aromatic heterocycles. The quantitative estimate of drug-likeness (QED) is 0.0373. The van der Waals surface area contributed by atoms with Crippen LogP contribution in [0.4, 0.5) is 0 Å². The maximum absolute atomic E-state index is 12.4. The van der Waals surface area contributed by atoms with Crippen molar-refractivity contribution >= 4 is 11.9 Å². The number of hydrogen-bond donors (Lipinski definition) is 1. The van der Waals surface area contributed by atoms with Crippen molar-refractivity contribution in [1.29, 1.82) is 0 Å². The van der Waals surface area contributed by atoms with Crippen LogP contribution < -0.4 is 0 Å². The van der Waals surface area contributed by atoms with Crippen molar-refractivity contribution in [2.75, 3.05) is 13.2 Å². The van der Waals surface area contributed by atoms with Gasteiger partial charge < -0.3 is 14.6 Å². The maximum Gasteiger partial charge on any atom is 0.306 e. The molecule has 0 aliphatic carbocycles. The fourth-order valence-electron chi connectivity index (χ4n) is 9.95. The van der Waals surface area contributed by atoms with Gasteiger partial charge in [-0.3, -0.25) is 9.59 Å². The number of esters is 2. The molecule has 0 radical (unpaired) electrons. The van der Waals surface area contributed by atoms with Gasteiger partial charge in [-0.25, -0.2) is 0 Å². The van der Waals surface area contributed by atoms with Gasteiger partial charge in [0, 0.05) is 12.8 Å². The number of unbranched alkanes of at least 4 members (excludes halogenated alkanes) is 40. The molecule has 0 heterocycles. The Labute approximate surface area is 479 Å². The first-order chi connectivity index (χ1) is 38.1. The lowest BCUT2D eigenvalue weighted by molar-refractivity contribution is -0.161. The molecule has 0 aromatic rings. The molecule has 1 atom stereocenters. The third-order valence-electron chi connectivity index (χ3n) is 15.0. The first-order valence-corrected chi connectivity index (χ1v) is 33.6. The predicted octanol–water partition coefficient (Wildman–Crippen LogP) is 23.3. The number of carbonyl (C=O) groups excluding carboxylic acids is 2. The molecule has 0 aliphatic rings. The van der Waals surface area contributed by atoms with Gasteiger partial charge in [-0.1, -0.05) is 343 Å². The summed E-state index contributed by atoms with van der Waals surface area (Å²) in [5.74, 6) is -0.581. The average molecular weight is 1070 g/mol. The molecule has 446 valence electrons. The van der Waals surface area contributed by atoms with Gasteiger partial charge in [-0.15, -0.1) is 0 Å². The molecular formula is C72H128O5. The highest BCUT2D eigenvalue weighted by Gasteiger charge is 2.16. The summed E-state index contributed by atoms with van der Waals surface area (Å²) in [6, 6.07) is 0. The van der Waals surface area contributed by atoms with Crippen LogP contribution in [0.3, 0.4) is 0 Å². The molecule has 5 heteroatoms. The minimum atomic E-state index is -0.777. The Morgan fingerprint density at radius 1 is 0.312 bits per heavy atom. The molecule has 0 aliphatic heterocycles. The molecule has 5 nitrogen and oxygen atoms in total. The number of rotatable bonds is 62. The number of aliphatic hydroxyl groups is 1. The molecule has 0 rings (SSSR count).